The van der Waals surface area contributed by atoms with Crippen LogP contribution in [0.4, 0.5) is 0 Å². The molecule has 4 aliphatic carbocycles. The number of ketones is 1. The Morgan fingerprint density at radius 2 is 1.79 bits per heavy atom. The smallest absolute Gasteiger partial charge is 0.252 e. The van der Waals surface area contributed by atoms with E-state index in [0.717, 1.165) is 44.9 Å². The van der Waals surface area contributed by atoms with Crippen LogP contribution in [0.1, 0.15) is 92.4 Å². The molecule has 6 aliphatic rings. The number of allylic oxidation sites excluding steroid dienone is 1. The summed E-state index contributed by atoms with van der Waals surface area (Å²) in [5.41, 5.74) is 0.252. The molecule has 14 atom stereocenters. The normalized spacial score (nSPS) is 50.6. The third-order valence-electron chi connectivity index (χ3n) is 12.7. The first-order chi connectivity index (χ1) is 20.3. The number of fused-ring (bicyclic) bond motifs is 5. The zero-order valence-electron chi connectivity index (χ0n) is 26.7. The second-order valence-corrected chi connectivity index (χ2v) is 14.8. The molecule has 2 heterocycles. The summed E-state index contributed by atoms with van der Waals surface area (Å²) in [4.78, 5) is 12.8. The van der Waals surface area contributed by atoms with Crippen molar-refractivity contribution < 1.29 is 43.8 Å². The fraction of sp³-hybridized carbons (Fsp3) is 0.853. The number of rotatable bonds is 6. The van der Waals surface area contributed by atoms with Gasteiger partial charge in [0, 0.05) is 11.8 Å². The first-order valence-corrected chi connectivity index (χ1v) is 16.5. The Balaban J connectivity index is 1.14. The van der Waals surface area contributed by atoms with Crippen molar-refractivity contribution in [2.45, 2.75) is 147 Å². The summed E-state index contributed by atoms with van der Waals surface area (Å²) in [5.74, 6) is 1.48. The van der Waals surface area contributed by atoms with Crippen molar-refractivity contribution in [3.63, 3.8) is 0 Å². The Morgan fingerprint density at radius 3 is 2.51 bits per heavy atom. The van der Waals surface area contributed by atoms with Crippen molar-refractivity contribution in [2.75, 3.05) is 7.11 Å². The van der Waals surface area contributed by atoms with E-state index in [-0.39, 0.29) is 35.2 Å². The molecule has 9 heteroatoms. The monoisotopic (exact) mass is 604 g/mol. The van der Waals surface area contributed by atoms with Crippen LogP contribution in [-0.4, -0.2) is 83.0 Å². The number of aliphatic hydroxyl groups excluding tert-OH is 2. The fourth-order valence-corrected chi connectivity index (χ4v) is 10.1. The number of carbonyl (C=O) groups is 1. The summed E-state index contributed by atoms with van der Waals surface area (Å²) in [5, 5.41) is 32.7. The van der Waals surface area contributed by atoms with Crippen molar-refractivity contribution in [2.24, 2.45) is 28.6 Å². The molecule has 0 radical (unpaired) electrons. The molecular formula is C34H52O9. The molecule has 1 saturated heterocycles. The van der Waals surface area contributed by atoms with Crippen LogP contribution in [0.25, 0.3) is 0 Å². The molecule has 0 spiro atoms. The highest BCUT2D eigenvalue weighted by atomic mass is 16.7. The first-order valence-electron chi connectivity index (χ1n) is 16.5. The molecule has 0 aromatic heterocycles. The number of methoxy groups -OCH3 is 1. The summed E-state index contributed by atoms with van der Waals surface area (Å²) in [7, 11) is 1.51. The van der Waals surface area contributed by atoms with Gasteiger partial charge in [0.15, 0.2) is 12.0 Å². The zero-order valence-corrected chi connectivity index (χ0v) is 26.7. The minimum atomic E-state index is -0.994. The molecule has 0 bridgehead atoms. The minimum Gasteiger partial charge on any atom is -0.493 e. The third kappa shape index (κ3) is 5.15. The quantitative estimate of drug-likeness (QED) is 0.383. The number of hydrogen-bond acceptors (Lipinski definition) is 9. The van der Waals surface area contributed by atoms with Crippen molar-refractivity contribution in [1.82, 2.24) is 0 Å². The molecule has 242 valence electrons. The number of Topliss-reactive ketones (excluding diaryl/α,β-unsaturated/α-hetero) is 1. The van der Waals surface area contributed by atoms with Crippen LogP contribution < -0.4 is 0 Å². The summed E-state index contributed by atoms with van der Waals surface area (Å²) in [6.45, 7) is 10.3. The SMILES string of the molecule is COC1=C[C@@H](C)O[C@@H](O[C@H]2CC[C@@]3(C)C(=CC[C@@H]4[C@@H]3CC[C@@]3(C)[C@H]4CC[C@]3(O)[C@H](C)O[C@H]3C[C@@H](O)[C@H](O)[C@@H](C)O3)C2)C1=O. The minimum absolute atomic E-state index is 0.0685. The van der Waals surface area contributed by atoms with Crippen molar-refractivity contribution >= 4 is 5.78 Å². The number of aliphatic hydroxyl groups is 3. The highest BCUT2D eigenvalue weighted by Crippen LogP contribution is 2.68. The topological polar surface area (TPSA) is 124 Å². The van der Waals surface area contributed by atoms with Crippen LogP contribution in [0.5, 0.6) is 0 Å². The average Bonchev–Trinajstić information content (AvgIpc) is 3.25. The van der Waals surface area contributed by atoms with Crippen molar-refractivity contribution in [3.05, 3.63) is 23.5 Å². The Labute approximate surface area is 255 Å². The summed E-state index contributed by atoms with van der Waals surface area (Å²) < 4.78 is 29.5. The second kappa shape index (κ2) is 11.5. The van der Waals surface area contributed by atoms with Gasteiger partial charge >= 0.3 is 0 Å². The highest BCUT2D eigenvalue weighted by molar-refractivity contribution is 5.96. The average molecular weight is 605 g/mol. The molecule has 2 aliphatic heterocycles. The fourth-order valence-electron chi connectivity index (χ4n) is 10.1. The van der Waals surface area contributed by atoms with Crippen LogP contribution in [0.2, 0.25) is 0 Å². The maximum atomic E-state index is 12.8. The molecule has 3 saturated carbocycles. The maximum Gasteiger partial charge on any atom is 0.252 e. The third-order valence-corrected chi connectivity index (χ3v) is 12.7. The van der Waals surface area contributed by atoms with Gasteiger partial charge < -0.3 is 39.0 Å². The number of carbonyl (C=O) groups excluding carboxylic acids is 1. The van der Waals surface area contributed by atoms with Gasteiger partial charge in [0.1, 0.15) is 6.10 Å². The molecular weight excluding hydrogens is 552 g/mol. The van der Waals surface area contributed by atoms with E-state index in [4.69, 9.17) is 23.7 Å². The molecule has 9 nitrogen and oxygen atoms in total. The van der Waals surface area contributed by atoms with Crippen LogP contribution in [0.3, 0.4) is 0 Å². The van der Waals surface area contributed by atoms with Crippen molar-refractivity contribution in [1.29, 1.82) is 0 Å². The molecule has 0 aromatic rings. The first kappa shape index (κ1) is 31.6. The van der Waals surface area contributed by atoms with E-state index in [0.29, 0.717) is 29.9 Å². The van der Waals surface area contributed by atoms with Gasteiger partial charge in [-0.3, -0.25) is 4.79 Å². The van der Waals surface area contributed by atoms with Gasteiger partial charge in [-0.25, -0.2) is 0 Å². The number of hydrogen-bond donors (Lipinski definition) is 3. The molecule has 4 fully saturated rings. The molecule has 3 N–H and O–H groups in total. The van der Waals surface area contributed by atoms with Gasteiger partial charge in [0.05, 0.1) is 43.2 Å². The Morgan fingerprint density at radius 1 is 1.05 bits per heavy atom. The van der Waals surface area contributed by atoms with E-state index in [2.05, 4.69) is 19.9 Å². The summed E-state index contributed by atoms with van der Waals surface area (Å²) in [6.07, 6.45) is 6.94. The second-order valence-electron chi connectivity index (χ2n) is 14.8. The maximum absolute atomic E-state index is 12.8. The molecule has 0 amide bonds. The predicted octanol–water partition coefficient (Wildman–Crippen LogP) is 4.17. The largest absolute Gasteiger partial charge is 0.493 e. The van der Waals surface area contributed by atoms with Crippen LogP contribution in [0.15, 0.2) is 23.5 Å². The lowest BCUT2D eigenvalue weighted by molar-refractivity contribution is -0.288. The van der Waals surface area contributed by atoms with Gasteiger partial charge in [-0.1, -0.05) is 25.5 Å². The summed E-state index contributed by atoms with van der Waals surface area (Å²) >= 11 is 0. The molecule has 6 rings (SSSR count). The van der Waals surface area contributed by atoms with E-state index in [9.17, 15) is 20.1 Å². The molecule has 0 unspecified atom stereocenters. The zero-order chi connectivity index (χ0) is 30.9. The van der Waals surface area contributed by atoms with E-state index in [1.165, 1.54) is 12.7 Å². The Bertz CT molecular complexity index is 1120. The lowest BCUT2D eigenvalue weighted by Gasteiger charge is -2.59. The summed E-state index contributed by atoms with van der Waals surface area (Å²) in [6, 6.07) is 0. The van der Waals surface area contributed by atoms with E-state index in [1.54, 1.807) is 13.0 Å². The van der Waals surface area contributed by atoms with Crippen LogP contribution in [-0.2, 0) is 28.5 Å². The Kier molecular flexibility index (Phi) is 8.45. The lowest BCUT2D eigenvalue weighted by atomic mass is 9.46. The highest BCUT2D eigenvalue weighted by Gasteiger charge is 2.65. The van der Waals surface area contributed by atoms with Gasteiger partial charge in [0.2, 0.25) is 6.29 Å². The van der Waals surface area contributed by atoms with Gasteiger partial charge in [-0.2, -0.15) is 0 Å². The lowest BCUT2D eigenvalue weighted by Crippen LogP contribution is -2.59. The number of ether oxygens (including phenoxy) is 5. The van der Waals surface area contributed by atoms with Crippen LogP contribution in [0, 0.1) is 28.6 Å². The van der Waals surface area contributed by atoms with E-state index < -0.39 is 42.6 Å². The van der Waals surface area contributed by atoms with Crippen LogP contribution >= 0.6 is 0 Å². The van der Waals surface area contributed by atoms with Gasteiger partial charge in [0.25, 0.3) is 5.78 Å². The van der Waals surface area contributed by atoms with Crippen molar-refractivity contribution in [3.8, 4) is 0 Å². The van der Waals surface area contributed by atoms with E-state index in [1.807, 2.05) is 13.8 Å². The van der Waals surface area contributed by atoms with Gasteiger partial charge in [-0.15, -0.1) is 0 Å². The van der Waals surface area contributed by atoms with E-state index >= 15 is 0 Å². The Hall–Kier alpha value is -1.33. The van der Waals surface area contributed by atoms with Gasteiger partial charge in [-0.05, 0) is 101 Å². The standard InChI is InChI=1S/C34H52O9/c1-18-15-27(39-6)30(37)31(40-18)43-22-9-12-32(4)21(16-22)7-8-23-24(32)10-13-33(5)25(23)11-14-34(33,38)20(3)42-28-17-26(35)29(36)19(2)41-28/h7,15,18-20,22-26,28-29,31,35-36,38H,8-14,16-17H2,1-6H3/t18-,19-,20+,22+,23-,24+,25+,26-,28+,29-,31+,32+,33+,34+/m1/s1. The molecule has 43 heavy (non-hydrogen) atoms. The predicted molar refractivity (Wildman–Crippen MR) is 157 cm³/mol. The molecule has 0 aromatic carbocycles.